The summed E-state index contributed by atoms with van der Waals surface area (Å²) in [7, 11) is 0. The van der Waals surface area contributed by atoms with Gasteiger partial charge in [0.25, 0.3) is 0 Å². The summed E-state index contributed by atoms with van der Waals surface area (Å²) in [4.78, 5) is 0. The molecular weight excluding hydrogens is 258 g/mol. The molecule has 1 heterocycles. The van der Waals surface area contributed by atoms with Gasteiger partial charge in [-0.3, -0.25) is 0 Å². The van der Waals surface area contributed by atoms with E-state index in [4.69, 9.17) is 5.11 Å². The molecule has 2 nitrogen and oxygen atoms in total. The highest BCUT2D eigenvalue weighted by Crippen LogP contribution is 2.53. The summed E-state index contributed by atoms with van der Waals surface area (Å²) in [6, 6.07) is 10.0. The number of aliphatic hydroxyl groups excluding tert-OH is 1. The molecule has 0 unspecified atom stereocenters. The molecule has 2 aliphatic carbocycles. The molecule has 1 saturated heterocycles. The number of hydrogen-bond donors (Lipinski definition) is 2. The van der Waals surface area contributed by atoms with Crippen molar-refractivity contribution in [1.29, 1.82) is 0 Å². The molecule has 1 aromatic carbocycles. The first-order valence-corrected chi connectivity index (χ1v) is 8.35. The predicted molar refractivity (Wildman–Crippen MR) is 87.5 cm³/mol. The third-order valence-corrected chi connectivity index (χ3v) is 5.68. The highest BCUT2D eigenvalue weighted by Gasteiger charge is 2.51. The fraction of sp³-hybridized carbons (Fsp3) is 0.579. The number of aliphatic hydroxyl groups is 1. The van der Waals surface area contributed by atoms with Crippen molar-refractivity contribution in [3.05, 3.63) is 48.0 Å². The lowest BCUT2D eigenvalue weighted by Crippen LogP contribution is -2.59. The van der Waals surface area contributed by atoms with Crippen molar-refractivity contribution < 1.29 is 5.11 Å². The second-order valence-corrected chi connectivity index (χ2v) is 6.65. The van der Waals surface area contributed by atoms with Crippen LogP contribution in [0.1, 0.15) is 43.2 Å². The second-order valence-electron chi connectivity index (χ2n) is 6.65. The van der Waals surface area contributed by atoms with E-state index >= 15 is 0 Å². The normalized spacial score (nSPS) is 33.0. The van der Waals surface area contributed by atoms with Crippen molar-refractivity contribution >= 4 is 0 Å². The van der Waals surface area contributed by atoms with Crippen molar-refractivity contribution in [2.75, 3.05) is 13.2 Å². The van der Waals surface area contributed by atoms with Gasteiger partial charge in [-0.1, -0.05) is 43.2 Å². The predicted octanol–water partition coefficient (Wildman–Crippen LogP) is 3.20. The van der Waals surface area contributed by atoms with E-state index in [9.17, 15) is 0 Å². The summed E-state index contributed by atoms with van der Waals surface area (Å²) in [6.45, 7) is 4.54. The van der Waals surface area contributed by atoms with Crippen LogP contribution in [0.15, 0.2) is 36.9 Å². The molecule has 1 aliphatic heterocycles. The van der Waals surface area contributed by atoms with Gasteiger partial charge in [-0.2, -0.15) is 0 Å². The maximum absolute atomic E-state index is 7.76. The Bertz CT molecular complexity index is 494. The van der Waals surface area contributed by atoms with Crippen LogP contribution in [0, 0.1) is 5.92 Å². The van der Waals surface area contributed by atoms with Gasteiger partial charge < -0.3 is 10.4 Å². The molecule has 0 spiro atoms. The molecule has 3 atom stereocenters. The molecule has 2 heteroatoms. The summed E-state index contributed by atoms with van der Waals surface area (Å²) >= 11 is 0. The lowest BCUT2D eigenvalue weighted by atomic mass is 9.53. The Morgan fingerprint density at radius 1 is 1.29 bits per heavy atom. The molecule has 0 aromatic heterocycles. The number of fused-ring (bicyclic) bond motifs is 1. The minimum absolute atomic E-state index is 0.0833. The molecule has 1 saturated carbocycles. The Morgan fingerprint density at radius 2 is 2.10 bits per heavy atom. The van der Waals surface area contributed by atoms with Crippen LogP contribution in [0.4, 0.5) is 0 Å². The lowest BCUT2D eigenvalue weighted by molar-refractivity contribution is 0.0798. The molecule has 21 heavy (non-hydrogen) atoms. The summed E-state index contributed by atoms with van der Waals surface area (Å²) in [5.41, 5.74) is 3.88. The van der Waals surface area contributed by atoms with E-state index < -0.39 is 0 Å². The molecule has 0 amide bonds. The van der Waals surface area contributed by atoms with E-state index in [-0.39, 0.29) is 6.61 Å². The third kappa shape index (κ3) is 2.56. The van der Waals surface area contributed by atoms with Crippen molar-refractivity contribution in [2.24, 2.45) is 5.92 Å². The third-order valence-electron chi connectivity index (χ3n) is 5.68. The van der Waals surface area contributed by atoms with Gasteiger partial charge in [-0.15, -0.1) is 6.58 Å². The standard InChI is InChI=1S/C16H21N.C3H6O/c1-2-6-13-12(5-1)11-15-14-7-3-4-8-16(13,14)9-10-17-15;1-2-3-4/h1-2,5-6,14-15,17H,3-4,7-11H2;2,4H,1,3H2/t14-,15+,16-;/m0./s1. The average Bonchev–Trinajstić information content (AvgIpc) is 2.55. The van der Waals surface area contributed by atoms with Gasteiger partial charge in [0.05, 0.1) is 6.61 Å². The van der Waals surface area contributed by atoms with Gasteiger partial charge >= 0.3 is 0 Å². The van der Waals surface area contributed by atoms with Gasteiger partial charge in [-0.05, 0) is 49.3 Å². The second kappa shape index (κ2) is 6.33. The molecule has 2 N–H and O–H groups in total. The summed E-state index contributed by atoms with van der Waals surface area (Å²) in [6.07, 6.45) is 9.84. The highest BCUT2D eigenvalue weighted by molar-refractivity contribution is 5.41. The number of nitrogens with one attached hydrogen (secondary N) is 1. The van der Waals surface area contributed by atoms with Crippen LogP contribution in [0.3, 0.4) is 0 Å². The van der Waals surface area contributed by atoms with E-state index in [1.54, 1.807) is 11.1 Å². The molecule has 1 aromatic rings. The maximum atomic E-state index is 7.76. The van der Waals surface area contributed by atoms with Crippen LogP contribution in [-0.2, 0) is 11.8 Å². The summed E-state index contributed by atoms with van der Waals surface area (Å²) in [5, 5.41) is 11.5. The number of piperidine rings is 1. The molecule has 0 radical (unpaired) electrons. The van der Waals surface area contributed by atoms with Crippen LogP contribution in [0.5, 0.6) is 0 Å². The molecule has 2 bridgehead atoms. The zero-order valence-corrected chi connectivity index (χ0v) is 12.9. The molecule has 2 fully saturated rings. The summed E-state index contributed by atoms with van der Waals surface area (Å²) < 4.78 is 0. The molecule has 3 aliphatic rings. The average molecular weight is 285 g/mol. The zero-order chi connectivity index (χ0) is 14.7. The SMILES string of the molecule is C=CCO.c1ccc2c(c1)C[C@H]1NCC[C@@]23CCCC[C@@H]13. The maximum Gasteiger partial charge on any atom is 0.0609 e. The Kier molecular flexibility index (Phi) is 4.46. The van der Waals surface area contributed by atoms with E-state index in [1.165, 1.54) is 51.1 Å². The van der Waals surface area contributed by atoms with Crippen LogP contribution < -0.4 is 5.32 Å². The first-order valence-electron chi connectivity index (χ1n) is 8.35. The Morgan fingerprint density at radius 3 is 2.90 bits per heavy atom. The van der Waals surface area contributed by atoms with Crippen molar-refractivity contribution in [3.63, 3.8) is 0 Å². The largest absolute Gasteiger partial charge is 0.392 e. The van der Waals surface area contributed by atoms with E-state index in [2.05, 4.69) is 36.2 Å². The monoisotopic (exact) mass is 285 g/mol. The highest BCUT2D eigenvalue weighted by atomic mass is 16.2. The smallest absolute Gasteiger partial charge is 0.0609 e. The van der Waals surface area contributed by atoms with Gasteiger partial charge in [0.2, 0.25) is 0 Å². The minimum Gasteiger partial charge on any atom is -0.392 e. The lowest BCUT2D eigenvalue weighted by Gasteiger charge is -2.56. The van der Waals surface area contributed by atoms with Gasteiger partial charge in [0.15, 0.2) is 0 Å². The Hall–Kier alpha value is -1.12. The number of benzene rings is 1. The molecule has 4 rings (SSSR count). The molecular formula is C19H27NO. The Balaban J connectivity index is 0.000000298. The summed E-state index contributed by atoms with van der Waals surface area (Å²) in [5.74, 6) is 0.917. The number of hydrogen-bond acceptors (Lipinski definition) is 2. The fourth-order valence-electron chi connectivity index (χ4n) is 4.89. The van der Waals surface area contributed by atoms with Crippen molar-refractivity contribution in [2.45, 2.75) is 50.0 Å². The van der Waals surface area contributed by atoms with E-state index in [0.717, 1.165) is 12.0 Å². The van der Waals surface area contributed by atoms with Gasteiger partial charge in [0, 0.05) is 11.5 Å². The van der Waals surface area contributed by atoms with E-state index in [0.29, 0.717) is 5.41 Å². The quantitative estimate of drug-likeness (QED) is 0.777. The topological polar surface area (TPSA) is 32.3 Å². The van der Waals surface area contributed by atoms with E-state index in [1.807, 2.05) is 0 Å². The minimum atomic E-state index is 0.0833. The van der Waals surface area contributed by atoms with Crippen LogP contribution >= 0.6 is 0 Å². The first kappa shape index (κ1) is 14.8. The first-order chi connectivity index (χ1) is 10.3. The van der Waals surface area contributed by atoms with Crippen LogP contribution in [-0.4, -0.2) is 24.3 Å². The van der Waals surface area contributed by atoms with Crippen molar-refractivity contribution in [1.82, 2.24) is 5.32 Å². The Labute approximate surface area is 128 Å². The fourth-order valence-corrected chi connectivity index (χ4v) is 4.89. The van der Waals surface area contributed by atoms with Crippen molar-refractivity contribution in [3.8, 4) is 0 Å². The number of rotatable bonds is 1. The van der Waals surface area contributed by atoms with Gasteiger partial charge in [0.1, 0.15) is 0 Å². The van der Waals surface area contributed by atoms with Crippen LogP contribution in [0.2, 0.25) is 0 Å². The van der Waals surface area contributed by atoms with Crippen LogP contribution in [0.25, 0.3) is 0 Å². The zero-order valence-electron chi connectivity index (χ0n) is 12.9. The van der Waals surface area contributed by atoms with Gasteiger partial charge in [-0.25, -0.2) is 0 Å². The molecule has 114 valence electrons.